The first kappa shape index (κ1) is 19.9. The Morgan fingerprint density at radius 1 is 1.33 bits per heavy atom. The lowest BCUT2D eigenvalue weighted by Gasteiger charge is -2.18. The molecule has 5 nitrogen and oxygen atoms in total. The Labute approximate surface area is 139 Å². The number of carboxylic acids is 1. The molecule has 1 aromatic carbocycles. The van der Waals surface area contributed by atoms with Gasteiger partial charge in [0.1, 0.15) is 0 Å². The topological polar surface area (TPSA) is 69.6 Å². The summed E-state index contributed by atoms with van der Waals surface area (Å²) < 4.78 is 0.994. The number of halogens is 2. The molecule has 1 aromatic rings. The first-order chi connectivity index (χ1) is 9.38. The van der Waals surface area contributed by atoms with Crippen LogP contribution >= 0.6 is 28.3 Å². The van der Waals surface area contributed by atoms with Gasteiger partial charge >= 0.3 is 5.97 Å². The van der Waals surface area contributed by atoms with Crippen molar-refractivity contribution in [1.29, 1.82) is 0 Å². The van der Waals surface area contributed by atoms with Crippen LogP contribution in [-0.2, 0) is 9.59 Å². The first-order valence-corrected chi connectivity index (χ1v) is 7.13. The van der Waals surface area contributed by atoms with Gasteiger partial charge in [-0.15, -0.1) is 12.4 Å². The lowest BCUT2D eigenvalue weighted by molar-refractivity contribution is -0.137. The molecule has 0 radical (unpaired) electrons. The highest BCUT2D eigenvalue weighted by molar-refractivity contribution is 9.10. The summed E-state index contributed by atoms with van der Waals surface area (Å²) in [4.78, 5) is 24.0. The van der Waals surface area contributed by atoms with Crippen LogP contribution < -0.4 is 5.32 Å². The highest BCUT2D eigenvalue weighted by Gasteiger charge is 2.12. The SMILES string of the molecule is CC(NC(=O)CN(C)CCC(=O)O)c1ccc(Br)cc1.Cl. The summed E-state index contributed by atoms with van der Waals surface area (Å²) in [5.74, 6) is -0.978. The van der Waals surface area contributed by atoms with E-state index in [1.807, 2.05) is 31.2 Å². The number of hydrogen-bond donors (Lipinski definition) is 2. The van der Waals surface area contributed by atoms with Gasteiger partial charge in [0.25, 0.3) is 0 Å². The zero-order valence-corrected chi connectivity index (χ0v) is 14.4. The van der Waals surface area contributed by atoms with Crippen molar-refractivity contribution in [3.05, 3.63) is 34.3 Å². The second-order valence-electron chi connectivity index (χ2n) is 4.72. The molecule has 1 unspecified atom stereocenters. The molecule has 0 saturated carbocycles. The maximum absolute atomic E-state index is 11.8. The molecule has 0 aromatic heterocycles. The zero-order valence-electron chi connectivity index (χ0n) is 12.0. The Balaban J connectivity index is 0.00000400. The van der Waals surface area contributed by atoms with Crippen LogP contribution in [0.15, 0.2) is 28.7 Å². The van der Waals surface area contributed by atoms with E-state index in [2.05, 4.69) is 21.2 Å². The summed E-state index contributed by atoms with van der Waals surface area (Å²) in [6, 6.07) is 7.67. The number of carbonyl (C=O) groups excluding carboxylic acids is 1. The Morgan fingerprint density at radius 2 is 1.90 bits per heavy atom. The van der Waals surface area contributed by atoms with Crippen LogP contribution in [0.25, 0.3) is 0 Å². The van der Waals surface area contributed by atoms with Crippen LogP contribution in [0.5, 0.6) is 0 Å². The number of carbonyl (C=O) groups is 2. The van der Waals surface area contributed by atoms with Gasteiger partial charge in [-0.3, -0.25) is 14.5 Å². The van der Waals surface area contributed by atoms with Gasteiger partial charge in [0.05, 0.1) is 19.0 Å². The molecule has 7 heteroatoms. The quantitative estimate of drug-likeness (QED) is 0.763. The van der Waals surface area contributed by atoms with Crippen molar-refractivity contribution in [2.24, 2.45) is 0 Å². The van der Waals surface area contributed by atoms with Crippen LogP contribution in [0.1, 0.15) is 24.9 Å². The highest BCUT2D eigenvalue weighted by Crippen LogP contribution is 2.16. The van der Waals surface area contributed by atoms with Crippen molar-refractivity contribution < 1.29 is 14.7 Å². The van der Waals surface area contributed by atoms with Gasteiger partial charge in [-0.25, -0.2) is 0 Å². The van der Waals surface area contributed by atoms with Crippen LogP contribution in [0.3, 0.4) is 0 Å². The average molecular weight is 380 g/mol. The summed E-state index contributed by atoms with van der Waals surface area (Å²) in [5, 5.41) is 11.5. The zero-order chi connectivity index (χ0) is 15.1. The molecule has 0 bridgehead atoms. The monoisotopic (exact) mass is 378 g/mol. The van der Waals surface area contributed by atoms with E-state index in [0.717, 1.165) is 10.0 Å². The molecular weight excluding hydrogens is 360 g/mol. The van der Waals surface area contributed by atoms with Gasteiger partial charge in [-0.05, 0) is 31.7 Å². The summed E-state index contributed by atoms with van der Waals surface area (Å²) in [5.41, 5.74) is 1.02. The van der Waals surface area contributed by atoms with Crippen molar-refractivity contribution in [3.8, 4) is 0 Å². The van der Waals surface area contributed by atoms with E-state index in [1.54, 1.807) is 11.9 Å². The minimum atomic E-state index is -0.861. The van der Waals surface area contributed by atoms with E-state index in [9.17, 15) is 9.59 Å². The third kappa shape index (κ3) is 8.04. The van der Waals surface area contributed by atoms with E-state index >= 15 is 0 Å². The van der Waals surface area contributed by atoms with Crippen molar-refractivity contribution >= 4 is 40.2 Å². The maximum atomic E-state index is 11.8. The molecule has 0 aliphatic heterocycles. The van der Waals surface area contributed by atoms with Gasteiger partial charge in [0.15, 0.2) is 0 Å². The fourth-order valence-electron chi connectivity index (χ4n) is 1.73. The van der Waals surface area contributed by atoms with Crippen LogP contribution in [0.2, 0.25) is 0 Å². The van der Waals surface area contributed by atoms with E-state index in [1.165, 1.54) is 0 Å². The van der Waals surface area contributed by atoms with Crippen LogP contribution in [-0.4, -0.2) is 42.0 Å². The van der Waals surface area contributed by atoms with Gasteiger partial charge in [-0.1, -0.05) is 28.1 Å². The summed E-state index contributed by atoms with van der Waals surface area (Å²) >= 11 is 3.37. The Kier molecular flexibility index (Phi) is 9.24. The number of benzene rings is 1. The second kappa shape index (κ2) is 9.76. The summed E-state index contributed by atoms with van der Waals surface area (Å²) in [6.45, 7) is 2.46. The summed E-state index contributed by atoms with van der Waals surface area (Å²) in [6.07, 6.45) is 0.0338. The van der Waals surface area contributed by atoms with Gasteiger partial charge in [0, 0.05) is 11.0 Å². The number of likely N-dealkylation sites (N-methyl/N-ethyl adjacent to an activating group) is 1. The van der Waals surface area contributed by atoms with Crippen LogP contribution in [0, 0.1) is 0 Å². The number of amides is 1. The number of nitrogens with zero attached hydrogens (tertiary/aromatic N) is 1. The number of carboxylic acid groups (broad SMARTS) is 1. The molecule has 1 rings (SSSR count). The van der Waals surface area contributed by atoms with Gasteiger partial charge < -0.3 is 10.4 Å². The largest absolute Gasteiger partial charge is 0.481 e. The average Bonchev–Trinajstić information content (AvgIpc) is 2.36. The minimum absolute atomic E-state index is 0. The number of hydrogen-bond acceptors (Lipinski definition) is 3. The molecule has 21 heavy (non-hydrogen) atoms. The molecule has 0 aliphatic carbocycles. The molecule has 118 valence electrons. The predicted molar refractivity (Wildman–Crippen MR) is 87.7 cm³/mol. The molecule has 1 atom stereocenters. The maximum Gasteiger partial charge on any atom is 0.304 e. The minimum Gasteiger partial charge on any atom is -0.481 e. The second-order valence-corrected chi connectivity index (χ2v) is 5.64. The molecule has 0 heterocycles. The molecule has 2 N–H and O–H groups in total. The first-order valence-electron chi connectivity index (χ1n) is 6.33. The number of rotatable bonds is 7. The fourth-order valence-corrected chi connectivity index (χ4v) is 2.00. The number of aliphatic carboxylic acids is 1. The molecular formula is C14H20BrClN2O3. The Hall–Kier alpha value is -1.11. The molecule has 0 fully saturated rings. The van der Waals surface area contributed by atoms with E-state index in [-0.39, 0.29) is 37.3 Å². The third-order valence-corrected chi connectivity index (χ3v) is 3.40. The predicted octanol–water partition coefficient (Wildman–Crippen LogP) is 2.45. The van der Waals surface area contributed by atoms with E-state index in [0.29, 0.717) is 6.54 Å². The molecule has 0 saturated heterocycles. The molecule has 1 amide bonds. The van der Waals surface area contributed by atoms with Crippen molar-refractivity contribution in [2.45, 2.75) is 19.4 Å². The normalized spacial score (nSPS) is 11.6. The fraction of sp³-hybridized carbons (Fsp3) is 0.429. The summed E-state index contributed by atoms with van der Waals surface area (Å²) in [7, 11) is 1.73. The smallest absolute Gasteiger partial charge is 0.304 e. The molecule has 0 spiro atoms. The lowest BCUT2D eigenvalue weighted by Crippen LogP contribution is -2.37. The standard InChI is InChI=1S/C14H19BrN2O3.ClH/c1-10(11-3-5-12(15)6-4-11)16-13(18)9-17(2)8-7-14(19)20;/h3-6,10H,7-9H2,1-2H3,(H,16,18)(H,19,20);1H. The van der Waals surface area contributed by atoms with E-state index in [4.69, 9.17) is 5.11 Å². The van der Waals surface area contributed by atoms with Crippen molar-refractivity contribution in [1.82, 2.24) is 10.2 Å². The van der Waals surface area contributed by atoms with Crippen molar-refractivity contribution in [2.75, 3.05) is 20.1 Å². The van der Waals surface area contributed by atoms with Crippen LogP contribution in [0.4, 0.5) is 0 Å². The third-order valence-electron chi connectivity index (χ3n) is 2.87. The van der Waals surface area contributed by atoms with Gasteiger partial charge in [0.2, 0.25) is 5.91 Å². The Morgan fingerprint density at radius 3 is 2.43 bits per heavy atom. The van der Waals surface area contributed by atoms with E-state index < -0.39 is 5.97 Å². The number of nitrogens with one attached hydrogen (secondary N) is 1. The lowest BCUT2D eigenvalue weighted by atomic mass is 10.1. The molecule has 0 aliphatic rings. The van der Waals surface area contributed by atoms with Crippen molar-refractivity contribution in [3.63, 3.8) is 0 Å². The van der Waals surface area contributed by atoms with Gasteiger partial charge in [-0.2, -0.15) is 0 Å². The Bertz CT molecular complexity index is 468. The highest BCUT2D eigenvalue weighted by atomic mass is 79.9.